The van der Waals surface area contributed by atoms with Gasteiger partial charge in [-0.25, -0.2) is 14.3 Å². The number of anilines is 1. The highest BCUT2D eigenvalue weighted by atomic mass is 16.7. The summed E-state index contributed by atoms with van der Waals surface area (Å²) in [5.41, 5.74) is 1.89. The molecule has 4 aromatic carbocycles. The van der Waals surface area contributed by atoms with E-state index in [4.69, 9.17) is 57.2 Å². The fourth-order valence-corrected chi connectivity index (χ4v) is 9.93. The quantitative estimate of drug-likeness (QED) is 0.0150. The van der Waals surface area contributed by atoms with Gasteiger partial charge < -0.3 is 93.6 Å². The van der Waals surface area contributed by atoms with Crippen LogP contribution in [0.3, 0.4) is 0 Å². The molecule has 8 N–H and O–H groups in total. The first kappa shape index (κ1) is 67.0. The van der Waals surface area contributed by atoms with E-state index in [1.54, 1.807) is 57.3 Å². The highest BCUT2D eigenvalue weighted by Crippen LogP contribution is 2.57. The predicted octanol–water partition coefficient (Wildman–Crippen LogP) is 5.13. The molecule has 3 amide bonds. The second kappa shape index (κ2) is 33.0. The van der Waals surface area contributed by atoms with Crippen LogP contribution in [-0.2, 0) is 69.0 Å². The van der Waals surface area contributed by atoms with E-state index in [1.807, 2.05) is 24.3 Å². The van der Waals surface area contributed by atoms with E-state index in [1.165, 1.54) is 35.0 Å². The lowest BCUT2D eigenvalue weighted by Gasteiger charge is -2.36. The molecule has 0 aliphatic carbocycles. The van der Waals surface area contributed by atoms with Crippen LogP contribution in [0.2, 0.25) is 0 Å². The van der Waals surface area contributed by atoms with Crippen molar-refractivity contribution in [2.45, 2.75) is 101 Å². The topological polar surface area (TPSA) is 338 Å². The average Bonchev–Trinajstić information content (AvgIpc) is 1.66. The summed E-state index contributed by atoms with van der Waals surface area (Å²) in [6, 6.07) is 20.4. The van der Waals surface area contributed by atoms with Gasteiger partial charge in [-0.3, -0.25) is 9.59 Å². The largest absolute Gasteiger partial charge is 0.508 e. The first-order valence-corrected chi connectivity index (χ1v) is 29.5. The lowest BCUT2D eigenvalue weighted by Crippen LogP contribution is -2.48. The lowest BCUT2D eigenvalue weighted by molar-refractivity contribution is -0.252. The van der Waals surface area contributed by atoms with Crippen LogP contribution in [0.1, 0.15) is 91.5 Å². The monoisotopic (exact) mass is 1240 g/mol. The van der Waals surface area contributed by atoms with Crippen LogP contribution in [0.4, 0.5) is 10.5 Å². The number of nitrogens with zero attached hydrogens (tertiary/aromatic N) is 3. The molecule has 0 saturated carbocycles. The molecule has 3 aliphatic heterocycles. The van der Waals surface area contributed by atoms with E-state index >= 15 is 0 Å². The number of ether oxygens (including phenoxy) is 11. The van der Waals surface area contributed by atoms with Gasteiger partial charge in [0.15, 0.2) is 18.0 Å². The SMILES string of the molecule is CC(C)(C)OC(=O)NCCOCCOCCOCCOCCOCCOCCC(=O)NCCCC[C@@H](C(=O)Nc1ccc2c(c1)C(=O)OC21c2ccc(O)cc2Oc2cc(O)ccc21)n1cc(-c2ccc(CCO[C@@H]3OC(C#CO)C(O)CC3O)cc2)nn1. The molecule has 89 heavy (non-hydrogen) atoms. The first-order chi connectivity index (χ1) is 43.0. The van der Waals surface area contributed by atoms with Gasteiger partial charge in [-0.1, -0.05) is 35.5 Å². The Morgan fingerprint density at radius 2 is 1.34 bits per heavy atom. The van der Waals surface area contributed by atoms with E-state index in [-0.39, 0.29) is 66.9 Å². The summed E-state index contributed by atoms with van der Waals surface area (Å²) in [5.74, 6) is 1.34. The van der Waals surface area contributed by atoms with Crippen molar-refractivity contribution in [2.75, 3.05) is 104 Å². The number of hydrogen-bond donors (Lipinski definition) is 8. The molecule has 4 heterocycles. The number of aliphatic hydroxyl groups excluding tert-OH is 3. The minimum atomic E-state index is -1.50. The summed E-state index contributed by atoms with van der Waals surface area (Å²) in [6.07, 6.45) is 0.594. The third-order valence-electron chi connectivity index (χ3n) is 14.2. The number of nitrogens with one attached hydrogen (secondary N) is 3. The molecular weight excluding hydrogens is 1160 g/mol. The molecule has 5 aromatic rings. The highest BCUT2D eigenvalue weighted by Gasteiger charge is 2.54. The van der Waals surface area contributed by atoms with Gasteiger partial charge in [-0.2, -0.15) is 0 Å². The first-order valence-electron chi connectivity index (χ1n) is 29.5. The molecule has 480 valence electrons. The fourth-order valence-electron chi connectivity index (χ4n) is 9.93. The Hall–Kier alpha value is -7.94. The second-order valence-corrected chi connectivity index (χ2v) is 22.0. The number of carbonyl (C=O) groups is 4. The number of amides is 3. The molecule has 3 aliphatic rings. The number of esters is 1. The molecule has 1 fully saturated rings. The van der Waals surface area contributed by atoms with Crippen molar-refractivity contribution in [3.8, 4) is 46.3 Å². The maximum absolute atomic E-state index is 14.5. The van der Waals surface area contributed by atoms with Crippen molar-refractivity contribution in [3.05, 3.63) is 113 Å². The minimum absolute atomic E-state index is 0.0244. The number of hydrogen-bond acceptors (Lipinski definition) is 22. The number of phenols is 2. The van der Waals surface area contributed by atoms with Crippen molar-refractivity contribution in [2.24, 2.45) is 0 Å². The summed E-state index contributed by atoms with van der Waals surface area (Å²) < 4.78 is 63.4. The van der Waals surface area contributed by atoms with Crippen molar-refractivity contribution >= 4 is 29.6 Å². The van der Waals surface area contributed by atoms with Crippen molar-refractivity contribution in [3.63, 3.8) is 0 Å². The van der Waals surface area contributed by atoms with Gasteiger partial charge in [0.25, 0.3) is 0 Å². The van der Waals surface area contributed by atoms with Gasteiger partial charge in [-0.05, 0) is 94.3 Å². The van der Waals surface area contributed by atoms with Crippen LogP contribution in [0.25, 0.3) is 11.3 Å². The Balaban J connectivity index is 0.769. The third-order valence-corrected chi connectivity index (χ3v) is 14.2. The molecule has 1 saturated heterocycles. The van der Waals surface area contributed by atoms with Crippen molar-refractivity contribution in [1.29, 1.82) is 0 Å². The normalized spacial score (nSPS) is 17.5. The Labute approximate surface area is 514 Å². The molecular formula is C63H78N6O20. The smallest absolute Gasteiger partial charge is 0.407 e. The zero-order valence-corrected chi connectivity index (χ0v) is 50.0. The Bertz CT molecular complexity index is 3150. The van der Waals surface area contributed by atoms with Gasteiger partial charge in [-0.15, -0.1) is 5.10 Å². The number of aromatic nitrogens is 3. The standard InChI is InChI=1S/C63H78N6O20/c1-62(2,3)89-61(78)65-21-25-80-27-29-82-31-33-84-35-34-83-32-30-81-28-26-79-23-19-57(75)64-20-5-4-6-51(69-40-50(67-68-69)42-9-7-41(8-10-42)18-24-85-60-53(74)39-52(73)54(87-60)17-22-70)58(76)66-43-11-14-47-46(36-43)59(77)88-63(47)48-15-12-44(71)37-55(48)86-56-38-45(72)13-16-49(56)63/h7-16,36-38,40,51-54,60,70-74H,4-6,18-21,23-35,39H2,1-3H3,(H,64,75)(H,65,78)(H,66,76)/t51-,52?,53?,54?,60+/m0/s1. The predicted molar refractivity (Wildman–Crippen MR) is 316 cm³/mol. The number of phenolic OH excluding ortho intramolecular Hbond substituents is 2. The second-order valence-electron chi connectivity index (χ2n) is 22.0. The van der Waals surface area contributed by atoms with Crippen LogP contribution >= 0.6 is 0 Å². The van der Waals surface area contributed by atoms with Crippen molar-refractivity contribution in [1.82, 2.24) is 25.6 Å². The van der Waals surface area contributed by atoms with E-state index in [9.17, 15) is 39.6 Å². The van der Waals surface area contributed by atoms with Gasteiger partial charge in [0.2, 0.25) is 11.8 Å². The molecule has 0 bridgehead atoms. The molecule has 0 radical (unpaired) electrons. The summed E-state index contributed by atoms with van der Waals surface area (Å²) in [7, 11) is 0. The summed E-state index contributed by atoms with van der Waals surface area (Å²) >= 11 is 0. The van der Waals surface area contributed by atoms with Crippen molar-refractivity contribution < 1.29 is 96.8 Å². The molecule has 26 heteroatoms. The van der Waals surface area contributed by atoms with Gasteiger partial charge in [0.1, 0.15) is 52.5 Å². The Morgan fingerprint density at radius 3 is 1.96 bits per heavy atom. The maximum Gasteiger partial charge on any atom is 0.407 e. The number of unbranched alkanes of at least 4 members (excludes halogenated alkanes) is 1. The van der Waals surface area contributed by atoms with Crippen LogP contribution in [0.15, 0.2) is 85.1 Å². The molecule has 1 aromatic heterocycles. The summed E-state index contributed by atoms with van der Waals surface area (Å²) in [6.45, 7) is 10.6. The Kier molecular flexibility index (Phi) is 24.9. The number of alkyl carbamates (subject to hydrolysis) is 1. The van der Waals surface area contributed by atoms with Crippen LogP contribution in [-0.4, -0.2) is 194 Å². The van der Waals surface area contributed by atoms with Crippen LogP contribution < -0.4 is 20.7 Å². The number of rotatable bonds is 34. The highest BCUT2D eigenvalue weighted by molar-refractivity contribution is 6.00. The van der Waals surface area contributed by atoms with E-state index in [0.29, 0.717) is 139 Å². The number of aromatic hydroxyl groups is 2. The maximum atomic E-state index is 14.5. The molecule has 5 atom stereocenters. The lowest BCUT2D eigenvalue weighted by atomic mass is 9.77. The number of benzene rings is 4. The molecule has 8 rings (SSSR count). The van der Waals surface area contributed by atoms with Crippen LogP contribution in [0, 0.1) is 12.0 Å². The van der Waals surface area contributed by atoms with E-state index < -0.39 is 59.8 Å². The number of fused-ring (bicyclic) bond motifs is 6. The molecule has 3 unspecified atom stereocenters. The zero-order chi connectivity index (χ0) is 63.2. The zero-order valence-electron chi connectivity index (χ0n) is 50.0. The number of carbonyl (C=O) groups excluding carboxylic acids is 4. The van der Waals surface area contributed by atoms with Gasteiger partial charge in [0.05, 0.1) is 104 Å². The summed E-state index contributed by atoms with van der Waals surface area (Å²) in [4.78, 5) is 52.7. The fraction of sp³-hybridized carbons (Fsp3) is 0.492. The van der Waals surface area contributed by atoms with Gasteiger partial charge in [0, 0.05) is 66.0 Å². The number of aliphatic hydroxyl groups is 3. The summed E-state index contributed by atoms with van der Waals surface area (Å²) in [5, 5.41) is 67.5. The average molecular weight is 1240 g/mol. The van der Waals surface area contributed by atoms with Gasteiger partial charge >= 0.3 is 12.1 Å². The minimum Gasteiger partial charge on any atom is -0.508 e. The van der Waals surface area contributed by atoms with Crippen LogP contribution in [0.5, 0.6) is 23.0 Å². The van der Waals surface area contributed by atoms with E-state index in [2.05, 4.69) is 32.2 Å². The third kappa shape index (κ3) is 19.3. The molecule has 1 spiro atoms. The van der Waals surface area contributed by atoms with E-state index in [0.717, 1.165) is 5.56 Å². The Morgan fingerprint density at radius 1 is 0.730 bits per heavy atom. The molecule has 26 nitrogen and oxygen atoms in total.